The van der Waals surface area contributed by atoms with Crippen molar-refractivity contribution >= 4 is 17.7 Å². The van der Waals surface area contributed by atoms with Crippen LogP contribution in [0.1, 0.15) is 53.4 Å². The van der Waals surface area contributed by atoms with Crippen molar-refractivity contribution in [3.05, 3.63) is 0 Å². The van der Waals surface area contributed by atoms with Gasteiger partial charge in [-0.2, -0.15) is 0 Å². The van der Waals surface area contributed by atoms with Crippen LogP contribution in [-0.2, 0) is 14.4 Å². The van der Waals surface area contributed by atoms with Crippen molar-refractivity contribution in [3.8, 4) is 0 Å². The van der Waals surface area contributed by atoms with Crippen molar-refractivity contribution in [1.82, 2.24) is 20.9 Å². The lowest BCUT2D eigenvalue weighted by atomic mass is 9.78. The van der Waals surface area contributed by atoms with E-state index in [0.717, 1.165) is 0 Å². The first kappa shape index (κ1) is 26.3. The van der Waals surface area contributed by atoms with Crippen LogP contribution >= 0.6 is 0 Å². The Morgan fingerprint density at radius 2 is 1.23 bits per heavy atom. The molecule has 1 heterocycles. The van der Waals surface area contributed by atoms with E-state index >= 15 is 0 Å². The number of carbonyl (C=O) groups excluding carboxylic acids is 3. The highest BCUT2D eigenvalue weighted by Gasteiger charge is 2.45. The van der Waals surface area contributed by atoms with Gasteiger partial charge >= 0.3 is 0 Å². The molecule has 30 heavy (non-hydrogen) atoms. The second-order valence-corrected chi connectivity index (χ2v) is 9.59. The molecule has 1 aliphatic heterocycles. The predicted octanol–water partition coefficient (Wildman–Crippen LogP) is -1.62. The maximum Gasteiger partial charge on any atom is 0.221 e. The largest absolute Gasteiger partial charge is 0.350 e. The fourth-order valence-corrected chi connectivity index (χ4v) is 4.53. The molecule has 0 aromatic heterocycles. The van der Waals surface area contributed by atoms with Crippen LogP contribution in [0.15, 0.2) is 0 Å². The quantitative estimate of drug-likeness (QED) is 0.230. The van der Waals surface area contributed by atoms with Crippen molar-refractivity contribution in [2.45, 2.75) is 70.0 Å². The molecule has 0 bridgehead atoms. The summed E-state index contributed by atoms with van der Waals surface area (Å²) in [7, 11) is 0. The van der Waals surface area contributed by atoms with Gasteiger partial charge in [-0.05, 0) is 34.1 Å². The molecule has 10 nitrogen and oxygen atoms in total. The maximum atomic E-state index is 12.3. The first-order valence-electron chi connectivity index (χ1n) is 10.6. The molecule has 0 saturated carbocycles. The van der Waals surface area contributed by atoms with E-state index in [0.29, 0.717) is 32.6 Å². The zero-order chi connectivity index (χ0) is 23.0. The normalized spacial score (nSPS) is 24.9. The summed E-state index contributed by atoms with van der Waals surface area (Å²) in [6.07, 6.45) is 1.32. The molecule has 9 N–H and O–H groups in total. The van der Waals surface area contributed by atoms with Gasteiger partial charge in [0.25, 0.3) is 0 Å². The van der Waals surface area contributed by atoms with Gasteiger partial charge in [0.2, 0.25) is 17.7 Å². The van der Waals surface area contributed by atoms with Crippen molar-refractivity contribution in [3.63, 3.8) is 0 Å². The molecule has 10 heteroatoms. The minimum absolute atomic E-state index is 0.0995. The Hall–Kier alpha value is -1.75. The summed E-state index contributed by atoms with van der Waals surface area (Å²) >= 11 is 0. The highest BCUT2D eigenvalue weighted by Crippen LogP contribution is 2.30. The number of hydrogen-bond acceptors (Lipinski definition) is 7. The molecule has 0 aromatic rings. The maximum absolute atomic E-state index is 12.3. The molecule has 2 atom stereocenters. The third-order valence-corrected chi connectivity index (χ3v) is 5.02. The van der Waals surface area contributed by atoms with E-state index in [9.17, 15) is 14.4 Å². The molecule has 1 saturated heterocycles. The molecule has 174 valence electrons. The predicted molar refractivity (Wildman–Crippen MR) is 117 cm³/mol. The van der Waals surface area contributed by atoms with E-state index in [-0.39, 0.29) is 50.1 Å². The molecule has 2 unspecified atom stereocenters. The zero-order valence-electron chi connectivity index (χ0n) is 19.0. The summed E-state index contributed by atoms with van der Waals surface area (Å²) < 4.78 is 0. The van der Waals surface area contributed by atoms with Crippen LogP contribution < -0.4 is 33.2 Å². The van der Waals surface area contributed by atoms with Gasteiger partial charge in [0, 0.05) is 64.1 Å². The summed E-state index contributed by atoms with van der Waals surface area (Å²) in [4.78, 5) is 38.8. The molecule has 0 aliphatic carbocycles. The Kier molecular flexibility index (Phi) is 9.67. The lowest BCUT2D eigenvalue weighted by Gasteiger charge is -2.51. The third-order valence-electron chi connectivity index (χ3n) is 5.02. The number of hydrogen-bond donors (Lipinski definition) is 6. The van der Waals surface area contributed by atoms with Gasteiger partial charge in [0.1, 0.15) is 0 Å². The van der Waals surface area contributed by atoms with E-state index in [1.807, 2.05) is 27.7 Å². The van der Waals surface area contributed by atoms with Crippen molar-refractivity contribution < 1.29 is 14.4 Å². The van der Waals surface area contributed by atoms with Crippen LogP contribution in [0.3, 0.4) is 0 Å². The van der Waals surface area contributed by atoms with E-state index in [1.165, 1.54) is 0 Å². The Morgan fingerprint density at radius 3 is 1.63 bits per heavy atom. The van der Waals surface area contributed by atoms with Crippen LogP contribution in [0, 0.1) is 0 Å². The smallest absolute Gasteiger partial charge is 0.221 e. The third kappa shape index (κ3) is 8.95. The topological polar surface area (TPSA) is 169 Å². The minimum Gasteiger partial charge on any atom is -0.350 e. The van der Waals surface area contributed by atoms with Gasteiger partial charge in [-0.3, -0.25) is 19.3 Å². The Bertz CT molecular complexity index is 576. The number of nitrogens with zero attached hydrogens (tertiary/aromatic N) is 1. The van der Waals surface area contributed by atoms with Crippen molar-refractivity contribution in [1.29, 1.82) is 0 Å². The number of nitrogens with two attached hydrogens (primary N) is 3. The average Bonchev–Trinajstić information content (AvgIpc) is 2.51. The van der Waals surface area contributed by atoms with Crippen LogP contribution in [0.5, 0.6) is 0 Å². The van der Waals surface area contributed by atoms with Gasteiger partial charge < -0.3 is 33.2 Å². The van der Waals surface area contributed by atoms with Gasteiger partial charge in [0.05, 0.1) is 11.1 Å². The molecule has 0 spiro atoms. The fraction of sp³-hybridized carbons (Fsp3) is 0.850. The second-order valence-electron chi connectivity index (χ2n) is 9.59. The first-order valence-corrected chi connectivity index (χ1v) is 10.6. The van der Waals surface area contributed by atoms with Gasteiger partial charge in [0.15, 0.2) is 0 Å². The summed E-state index contributed by atoms with van der Waals surface area (Å²) in [5.41, 5.74) is 14.9. The lowest BCUT2D eigenvalue weighted by molar-refractivity contribution is -0.125. The Balaban J connectivity index is 3.02. The average molecular weight is 428 g/mol. The Labute approximate surface area is 180 Å². The van der Waals surface area contributed by atoms with Gasteiger partial charge in [-0.1, -0.05) is 0 Å². The molecule has 0 radical (unpaired) electrons. The van der Waals surface area contributed by atoms with E-state index in [1.54, 1.807) is 0 Å². The first-order chi connectivity index (χ1) is 13.9. The number of piperidine rings is 1. The highest BCUT2D eigenvalue weighted by atomic mass is 16.2. The molecule has 3 amide bonds. The van der Waals surface area contributed by atoms with Gasteiger partial charge in [-0.15, -0.1) is 0 Å². The van der Waals surface area contributed by atoms with Crippen LogP contribution in [0.25, 0.3) is 0 Å². The summed E-state index contributed by atoms with van der Waals surface area (Å²) in [6.45, 7) is 10.4. The Morgan fingerprint density at radius 1 is 0.833 bits per heavy atom. The molecular weight excluding hydrogens is 386 g/mol. The van der Waals surface area contributed by atoms with Crippen LogP contribution in [-0.4, -0.2) is 78.5 Å². The molecule has 1 rings (SSSR count). The second kappa shape index (κ2) is 11.0. The molecular formula is C20H41N7O3. The fourth-order valence-electron chi connectivity index (χ4n) is 4.53. The van der Waals surface area contributed by atoms with Crippen LogP contribution in [0.4, 0.5) is 0 Å². The van der Waals surface area contributed by atoms with Crippen LogP contribution in [0.2, 0.25) is 0 Å². The van der Waals surface area contributed by atoms with Crippen molar-refractivity contribution in [2.24, 2.45) is 17.2 Å². The molecule has 1 fully saturated rings. The zero-order valence-corrected chi connectivity index (χ0v) is 19.0. The van der Waals surface area contributed by atoms with E-state index < -0.39 is 16.6 Å². The summed E-state index contributed by atoms with van der Waals surface area (Å²) in [5, 5.41) is 9.20. The summed E-state index contributed by atoms with van der Waals surface area (Å²) in [5.74, 6) is -0.335. The number of carbonyl (C=O) groups is 3. The molecule has 1 aliphatic rings. The number of rotatable bonds is 11. The summed E-state index contributed by atoms with van der Waals surface area (Å²) in [6, 6.07) is 0. The SMILES string of the molecule is CC(C)(CN1CC(C)(NC(=O)CCN)CC(C)(NC(=O)CCN)C1)NC(=O)CCN. The minimum atomic E-state index is -0.563. The monoisotopic (exact) mass is 427 g/mol. The van der Waals surface area contributed by atoms with Crippen molar-refractivity contribution in [2.75, 3.05) is 39.3 Å². The lowest BCUT2D eigenvalue weighted by Crippen LogP contribution is -2.70. The number of amides is 3. The number of nitrogens with one attached hydrogen (secondary N) is 3. The van der Waals surface area contributed by atoms with E-state index in [2.05, 4.69) is 20.9 Å². The molecule has 0 aromatic carbocycles. The number of likely N-dealkylation sites (tertiary alicyclic amines) is 1. The standard InChI is InChI=1S/C20H41N7O3/c1-18(2,24-15(28)5-8-21)12-27-13-19(3,25-16(29)6-9-22)11-20(4,14-27)26-17(30)7-10-23/h5-14,21-23H2,1-4H3,(H,24,28)(H,25,29)(H,26,30). The van der Waals surface area contributed by atoms with Gasteiger partial charge in [-0.25, -0.2) is 0 Å². The highest BCUT2D eigenvalue weighted by molar-refractivity contribution is 5.78. The van der Waals surface area contributed by atoms with E-state index in [4.69, 9.17) is 17.2 Å².